The van der Waals surface area contributed by atoms with Crippen molar-refractivity contribution in [2.75, 3.05) is 18.5 Å². The van der Waals surface area contributed by atoms with Gasteiger partial charge in [-0.25, -0.2) is 9.18 Å². The topological polar surface area (TPSA) is 88.4 Å². The first-order chi connectivity index (χ1) is 12.0. The van der Waals surface area contributed by atoms with Crippen molar-refractivity contribution in [1.29, 1.82) is 5.26 Å². The second kappa shape index (κ2) is 8.66. The SMILES string of the molecule is N#Cc1ccc(NC(=O)COC(=O)COc2cccc(F)c2)cc1Cl. The summed E-state index contributed by atoms with van der Waals surface area (Å²) >= 11 is 5.85. The predicted molar refractivity (Wildman–Crippen MR) is 87.7 cm³/mol. The number of carbonyl (C=O) groups excluding carboxylic acids is 2. The van der Waals surface area contributed by atoms with Gasteiger partial charge in [0, 0.05) is 11.8 Å². The summed E-state index contributed by atoms with van der Waals surface area (Å²) in [7, 11) is 0. The number of halogens is 2. The zero-order valence-electron chi connectivity index (χ0n) is 12.8. The normalized spacial score (nSPS) is 9.80. The summed E-state index contributed by atoms with van der Waals surface area (Å²) in [6.07, 6.45) is 0. The standard InChI is InChI=1S/C17H12ClFN2O4/c18-15-7-13(5-4-11(15)8-20)21-16(22)9-25-17(23)10-24-14-3-1-2-12(19)6-14/h1-7H,9-10H2,(H,21,22). The molecule has 8 heteroatoms. The molecule has 2 rings (SSSR count). The summed E-state index contributed by atoms with van der Waals surface area (Å²) in [5.41, 5.74) is 0.640. The highest BCUT2D eigenvalue weighted by atomic mass is 35.5. The van der Waals surface area contributed by atoms with Gasteiger partial charge in [-0.3, -0.25) is 4.79 Å². The van der Waals surface area contributed by atoms with Gasteiger partial charge in [-0.1, -0.05) is 17.7 Å². The molecule has 0 aliphatic rings. The molecule has 0 heterocycles. The molecule has 0 aliphatic carbocycles. The van der Waals surface area contributed by atoms with Crippen molar-refractivity contribution in [1.82, 2.24) is 0 Å². The summed E-state index contributed by atoms with van der Waals surface area (Å²) in [5, 5.41) is 11.4. The summed E-state index contributed by atoms with van der Waals surface area (Å²) < 4.78 is 22.7. The fourth-order valence-corrected chi connectivity index (χ4v) is 1.99. The molecule has 6 nitrogen and oxygen atoms in total. The molecule has 25 heavy (non-hydrogen) atoms. The average Bonchev–Trinajstić information content (AvgIpc) is 2.58. The van der Waals surface area contributed by atoms with Crippen LogP contribution in [0.1, 0.15) is 5.56 Å². The number of amides is 1. The first-order valence-corrected chi connectivity index (χ1v) is 7.39. The maximum absolute atomic E-state index is 13.0. The van der Waals surface area contributed by atoms with Gasteiger partial charge in [-0.05, 0) is 30.3 Å². The summed E-state index contributed by atoms with van der Waals surface area (Å²) in [6.45, 7) is -0.984. The summed E-state index contributed by atoms with van der Waals surface area (Å²) in [6, 6.07) is 11.5. The minimum Gasteiger partial charge on any atom is -0.482 e. The van der Waals surface area contributed by atoms with E-state index in [0.717, 1.165) is 6.07 Å². The molecule has 1 amide bonds. The van der Waals surface area contributed by atoms with Crippen LogP contribution in [0.25, 0.3) is 0 Å². The molecule has 0 aliphatic heterocycles. The number of esters is 1. The Labute approximate surface area is 147 Å². The van der Waals surface area contributed by atoms with Gasteiger partial charge in [0.25, 0.3) is 5.91 Å². The number of hydrogen-bond donors (Lipinski definition) is 1. The van der Waals surface area contributed by atoms with Crippen LogP contribution in [-0.2, 0) is 14.3 Å². The first kappa shape index (κ1) is 18.2. The smallest absolute Gasteiger partial charge is 0.344 e. The third-order valence-corrected chi connectivity index (χ3v) is 3.20. The molecule has 0 radical (unpaired) electrons. The number of hydrogen-bond acceptors (Lipinski definition) is 5. The van der Waals surface area contributed by atoms with Crippen molar-refractivity contribution >= 4 is 29.2 Å². The van der Waals surface area contributed by atoms with Gasteiger partial charge < -0.3 is 14.8 Å². The third kappa shape index (κ3) is 5.79. The number of nitriles is 1. The van der Waals surface area contributed by atoms with E-state index in [1.165, 1.54) is 36.4 Å². The van der Waals surface area contributed by atoms with Gasteiger partial charge in [0.05, 0.1) is 10.6 Å². The number of nitrogens with one attached hydrogen (secondary N) is 1. The monoisotopic (exact) mass is 362 g/mol. The maximum atomic E-state index is 13.0. The number of anilines is 1. The van der Waals surface area contributed by atoms with E-state index in [2.05, 4.69) is 5.32 Å². The summed E-state index contributed by atoms with van der Waals surface area (Å²) in [5.74, 6) is -1.68. The van der Waals surface area contributed by atoms with Crippen molar-refractivity contribution in [3.8, 4) is 11.8 Å². The highest BCUT2D eigenvalue weighted by Gasteiger charge is 2.10. The highest BCUT2D eigenvalue weighted by molar-refractivity contribution is 6.32. The molecule has 0 fully saturated rings. The molecular weight excluding hydrogens is 351 g/mol. The molecule has 0 unspecified atom stereocenters. The third-order valence-electron chi connectivity index (χ3n) is 2.89. The second-order valence-electron chi connectivity index (χ2n) is 4.76. The number of nitrogens with zero attached hydrogens (tertiary/aromatic N) is 1. The minimum absolute atomic E-state index is 0.175. The Morgan fingerprint density at radius 2 is 2.00 bits per heavy atom. The highest BCUT2D eigenvalue weighted by Crippen LogP contribution is 2.20. The molecule has 2 aromatic rings. The van der Waals surface area contributed by atoms with E-state index in [4.69, 9.17) is 26.3 Å². The predicted octanol–water partition coefficient (Wildman–Crippen LogP) is 2.91. The van der Waals surface area contributed by atoms with Crippen LogP contribution in [0.4, 0.5) is 10.1 Å². The van der Waals surface area contributed by atoms with Crippen LogP contribution < -0.4 is 10.1 Å². The number of ether oxygens (including phenoxy) is 2. The molecule has 0 saturated carbocycles. The lowest BCUT2D eigenvalue weighted by molar-refractivity contribution is -0.149. The van der Waals surface area contributed by atoms with E-state index in [0.29, 0.717) is 5.69 Å². The molecular formula is C17H12ClFN2O4. The lowest BCUT2D eigenvalue weighted by Gasteiger charge is -2.08. The Hall–Kier alpha value is -3.11. The van der Waals surface area contributed by atoms with E-state index >= 15 is 0 Å². The van der Waals surface area contributed by atoms with E-state index in [1.54, 1.807) is 0 Å². The van der Waals surface area contributed by atoms with Crippen molar-refractivity contribution in [2.24, 2.45) is 0 Å². The zero-order valence-corrected chi connectivity index (χ0v) is 13.5. The Bertz CT molecular complexity index is 836. The fraction of sp³-hybridized carbons (Fsp3) is 0.118. The van der Waals surface area contributed by atoms with Gasteiger partial charge in [0.2, 0.25) is 0 Å². The van der Waals surface area contributed by atoms with Crippen LogP contribution in [0.3, 0.4) is 0 Å². The van der Waals surface area contributed by atoms with Crippen molar-refractivity contribution in [3.63, 3.8) is 0 Å². The maximum Gasteiger partial charge on any atom is 0.344 e. The summed E-state index contributed by atoms with van der Waals surface area (Å²) in [4.78, 5) is 23.2. The van der Waals surface area contributed by atoms with Gasteiger partial charge in [0.15, 0.2) is 13.2 Å². The van der Waals surface area contributed by atoms with Crippen LogP contribution in [0.5, 0.6) is 5.75 Å². The Balaban J connectivity index is 1.76. The first-order valence-electron chi connectivity index (χ1n) is 7.01. The molecule has 128 valence electrons. The molecule has 2 aromatic carbocycles. The molecule has 0 spiro atoms. The van der Waals surface area contributed by atoms with Gasteiger partial charge >= 0.3 is 5.97 Å². The molecule has 1 N–H and O–H groups in total. The Morgan fingerprint density at radius 3 is 2.68 bits per heavy atom. The van der Waals surface area contributed by atoms with Crippen molar-refractivity contribution in [3.05, 3.63) is 58.9 Å². The van der Waals surface area contributed by atoms with E-state index < -0.39 is 30.9 Å². The van der Waals surface area contributed by atoms with Gasteiger partial charge in [0.1, 0.15) is 17.6 Å². The van der Waals surface area contributed by atoms with E-state index in [-0.39, 0.29) is 16.3 Å². The number of benzene rings is 2. The molecule has 0 saturated heterocycles. The van der Waals surface area contributed by atoms with Crippen molar-refractivity contribution in [2.45, 2.75) is 0 Å². The number of carbonyl (C=O) groups is 2. The zero-order chi connectivity index (χ0) is 18.2. The largest absolute Gasteiger partial charge is 0.482 e. The van der Waals surface area contributed by atoms with E-state index in [1.807, 2.05) is 6.07 Å². The van der Waals surface area contributed by atoms with Crippen LogP contribution in [0, 0.1) is 17.1 Å². The second-order valence-corrected chi connectivity index (χ2v) is 5.17. The quantitative estimate of drug-likeness (QED) is 0.798. The minimum atomic E-state index is -0.780. The Morgan fingerprint density at radius 1 is 1.20 bits per heavy atom. The van der Waals surface area contributed by atoms with E-state index in [9.17, 15) is 14.0 Å². The molecule has 0 aromatic heterocycles. The Kier molecular flexibility index (Phi) is 6.32. The van der Waals surface area contributed by atoms with Crippen LogP contribution in [-0.4, -0.2) is 25.1 Å². The van der Waals surface area contributed by atoms with Gasteiger partial charge in [-0.2, -0.15) is 5.26 Å². The molecule has 0 atom stereocenters. The fourth-order valence-electron chi connectivity index (χ4n) is 1.77. The number of rotatable bonds is 6. The molecule has 0 bridgehead atoms. The average molecular weight is 363 g/mol. The van der Waals surface area contributed by atoms with Crippen molar-refractivity contribution < 1.29 is 23.5 Å². The van der Waals surface area contributed by atoms with Crippen LogP contribution in [0.2, 0.25) is 5.02 Å². The lowest BCUT2D eigenvalue weighted by atomic mass is 10.2. The van der Waals surface area contributed by atoms with Gasteiger partial charge in [-0.15, -0.1) is 0 Å². The lowest BCUT2D eigenvalue weighted by Crippen LogP contribution is -2.23. The van der Waals surface area contributed by atoms with Crippen LogP contribution >= 0.6 is 11.6 Å². The van der Waals surface area contributed by atoms with Crippen LogP contribution in [0.15, 0.2) is 42.5 Å².